The molecule has 2 aliphatic heterocycles. The third-order valence-corrected chi connectivity index (χ3v) is 15.0. The second-order valence-electron chi connectivity index (χ2n) is 21.9. The third-order valence-electron chi connectivity index (χ3n) is 15.0. The average Bonchev–Trinajstić information content (AvgIpc) is 3.40. The van der Waals surface area contributed by atoms with Crippen LogP contribution < -0.4 is 0 Å². The smallest absolute Gasteiger partial charge is 0.306 e. The van der Waals surface area contributed by atoms with Crippen molar-refractivity contribution in [1.29, 1.82) is 0 Å². The maximum Gasteiger partial charge on any atom is 0.306 e. The van der Waals surface area contributed by atoms with E-state index in [0.29, 0.717) is 12.8 Å². The zero-order valence-corrected chi connectivity index (χ0v) is 47.3. The Morgan fingerprint density at radius 2 is 0.773 bits per heavy atom. The van der Waals surface area contributed by atoms with Gasteiger partial charge >= 0.3 is 11.9 Å². The molecule has 0 radical (unpaired) electrons. The van der Waals surface area contributed by atoms with Gasteiger partial charge in [-0.2, -0.15) is 0 Å². The van der Waals surface area contributed by atoms with E-state index >= 15 is 0 Å². The fourth-order valence-corrected chi connectivity index (χ4v) is 9.99. The molecule has 0 saturated carbocycles. The molecule has 0 aromatic rings. The summed E-state index contributed by atoms with van der Waals surface area (Å²) in [6.45, 7) is 2.63. The van der Waals surface area contributed by atoms with Crippen molar-refractivity contribution in [3.63, 3.8) is 0 Å². The largest absolute Gasteiger partial charge is 0.462 e. The van der Waals surface area contributed by atoms with E-state index in [1.165, 1.54) is 186 Å². The molecule has 0 aromatic heterocycles. The summed E-state index contributed by atoms with van der Waals surface area (Å²) in [5.41, 5.74) is 0. The van der Waals surface area contributed by atoms with Gasteiger partial charge in [0.05, 0.1) is 19.8 Å². The van der Waals surface area contributed by atoms with Crippen LogP contribution in [0, 0.1) is 0 Å². The maximum absolute atomic E-state index is 13.1. The Labute approximate surface area is 454 Å². The molecule has 2 rings (SSSR count). The summed E-state index contributed by atoms with van der Waals surface area (Å²) < 4.78 is 33.7. The van der Waals surface area contributed by atoms with E-state index in [-0.39, 0.29) is 26.1 Å². The van der Waals surface area contributed by atoms with Gasteiger partial charge in [0.25, 0.3) is 0 Å². The first-order chi connectivity index (χ1) is 36.5. The summed E-state index contributed by atoms with van der Waals surface area (Å²) in [5.74, 6) is -0.944. The molecule has 2 fully saturated rings. The number of allylic oxidation sites excluding steroid dienone is 2. The lowest BCUT2D eigenvalue weighted by molar-refractivity contribution is -0.332. The standard InChI is InChI=1S/C60H112O15/c1-3-5-7-9-11-13-15-17-19-21-22-23-24-25-26-27-29-30-32-34-36-38-40-42-51(62)70-45-48(73-52(63)43-41-39-37-35-33-31-28-20-18-16-14-12-10-8-6-4-2)46-71-59-58(69)56(67)54(65)50(75-59)47-72-60-57(68)55(66)53(64)49(44-61)74-60/h34,36,48-50,53-61,64-69H,3-33,35,37-47H2,1-2H3/b36-34+/t48-,49+,50+,53-,54-,55?,56?,57?,58?,59+,60+/m0/s1. The lowest BCUT2D eigenvalue weighted by Crippen LogP contribution is -2.61. The van der Waals surface area contributed by atoms with Crippen LogP contribution in [0.5, 0.6) is 0 Å². The lowest BCUT2D eigenvalue weighted by Gasteiger charge is -2.42. The minimum Gasteiger partial charge on any atom is -0.462 e. The van der Waals surface area contributed by atoms with Crippen LogP contribution in [-0.2, 0) is 38.0 Å². The molecule has 4 unspecified atom stereocenters. The first-order valence-corrected chi connectivity index (χ1v) is 30.8. The van der Waals surface area contributed by atoms with Crippen molar-refractivity contribution in [2.45, 2.75) is 332 Å². The Morgan fingerprint density at radius 1 is 0.413 bits per heavy atom. The van der Waals surface area contributed by atoms with Gasteiger partial charge in [-0.15, -0.1) is 0 Å². The van der Waals surface area contributed by atoms with Crippen LogP contribution in [0.15, 0.2) is 12.2 Å². The van der Waals surface area contributed by atoms with E-state index < -0.39 is 92.7 Å². The minimum absolute atomic E-state index is 0.166. The van der Waals surface area contributed by atoms with Crippen LogP contribution in [-0.4, -0.2) is 142 Å². The molecule has 0 amide bonds. The van der Waals surface area contributed by atoms with E-state index in [2.05, 4.69) is 26.0 Å². The molecule has 75 heavy (non-hydrogen) atoms. The number of esters is 2. The molecule has 0 bridgehead atoms. The van der Waals surface area contributed by atoms with E-state index in [1.807, 2.05) is 0 Å². The molecule has 0 aromatic carbocycles. The molecular formula is C60H112O15. The summed E-state index contributed by atoms with van der Waals surface area (Å²) in [6.07, 6.45) is 33.9. The number of aliphatic hydroxyl groups is 7. The normalized spacial score (nSPS) is 24.5. The van der Waals surface area contributed by atoms with Gasteiger partial charge in [-0.3, -0.25) is 9.59 Å². The molecule has 11 atom stereocenters. The number of hydrogen-bond acceptors (Lipinski definition) is 15. The molecule has 15 heteroatoms. The molecule has 0 spiro atoms. The highest BCUT2D eigenvalue weighted by atomic mass is 16.7. The fraction of sp³-hybridized carbons (Fsp3) is 0.933. The second kappa shape index (κ2) is 47.1. The number of hydrogen-bond donors (Lipinski definition) is 7. The molecule has 442 valence electrons. The Balaban J connectivity index is 1.72. The van der Waals surface area contributed by atoms with E-state index in [4.69, 9.17) is 28.4 Å². The monoisotopic (exact) mass is 1070 g/mol. The quantitative estimate of drug-likeness (QED) is 0.0171. The Kier molecular flexibility index (Phi) is 43.5. The van der Waals surface area contributed by atoms with Crippen molar-refractivity contribution in [1.82, 2.24) is 0 Å². The number of aliphatic hydroxyl groups excluding tert-OH is 7. The predicted molar refractivity (Wildman–Crippen MR) is 294 cm³/mol. The van der Waals surface area contributed by atoms with Crippen molar-refractivity contribution in [3.05, 3.63) is 12.2 Å². The molecule has 2 aliphatic rings. The molecule has 2 saturated heterocycles. The topological polar surface area (TPSA) is 231 Å². The zero-order valence-electron chi connectivity index (χ0n) is 47.3. The van der Waals surface area contributed by atoms with Crippen molar-refractivity contribution in [2.75, 3.05) is 26.4 Å². The zero-order chi connectivity index (χ0) is 54.6. The molecule has 0 aliphatic carbocycles. The average molecular weight is 1070 g/mol. The van der Waals surface area contributed by atoms with Gasteiger partial charge < -0.3 is 64.2 Å². The summed E-state index contributed by atoms with van der Waals surface area (Å²) in [6, 6.07) is 0. The van der Waals surface area contributed by atoms with Gasteiger partial charge in [-0.25, -0.2) is 0 Å². The van der Waals surface area contributed by atoms with Gasteiger partial charge in [0, 0.05) is 12.8 Å². The minimum atomic E-state index is -1.77. The SMILES string of the molecule is CCCCCCCCCCCCCCCCCCCC/C=C/CCCC(=O)OC[C@@H](CO[C@@H]1O[C@H](CO[C@@H]2O[C@H](CO)[C@H](O)C(O)C2O)[C@H](O)C(O)C1O)OC(=O)CCCCCCCCCCCCCCCCCC. The maximum atomic E-state index is 13.1. The van der Waals surface area contributed by atoms with Crippen LogP contribution in [0.3, 0.4) is 0 Å². The van der Waals surface area contributed by atoms with E-state index in [9.17, 15) is 45.3 Å². The Hall–Kier alpha value is -1.76. The van der Waals surface area contributed by atoms with Crippen LogP contribution in [0.1, 0.15) is 264 Å². The van der Waals surface area contributed by atoms with Crippen molar-refractivity contribution >= 4 is 11.9 Å². The van der Waals surface area contributed by atoms with Crippen LogP contribution in [0.2, 0.25) is 0 Å². The first-order valence-electron chi connectivity index (χ1n) is 30.8. The summed E-state index contributed by atoms with van der Waals surface area (Å²) in [4.78, 5) is 25.9. The number of ether oxygens (including phenoxy) is 6. The highest BCUT2D eigenvalue weighted by molar-refractivity contribution is 5.70. The predicted octanol–water partition coefficient (Wildman–Crippen LogP) is 10.9. The van der Waals surface area contributed by atoms with Crippen LogP contribution >= 0.6 is 0 Å². The summed E-state index contributed by atoms with van der Waals surface area (Å²) >= 11 is 0. The Morgan fingerprint density at radius 3 is 1.21 bits per heavy atom. The number of carbonyl (C=O) groups is 2. The highest BCUT2D eigenvalue weighted by Gasteiger charge is 2.47. The van der Waals surface area contributed by atoms with Gasteiger partial charge in [0.2, 0.25) is 0 Å². The number of rotatable bonds is 50. The van der Waals surface area contributed by atoms with Crippen molar-refractivity contribution in [2.24, 2.45) is 0 Å². The van der Waals surface area contributed by atoms with Crippen LogP contribution in [0.4, 0.5) is 0 Å². The second-order valence-corrected chi connectivity index (χ2v) is 21.9. The highest BCUT2D eigenvalue weighted by Crippen LogP contribution is 2.27. The van der Waals surface area contributed by atoms with Crippen molar-refractivity contribution in [3.8, 4) is 0 Å². The molecular weight excluding hydrogens is 961 g/mol. The van der Waals surface area contributed by atoms with Gasteiger partial charge in [-0.05, 0) is 32.1 Å². The summed E-state index contributed by atoms with van der Waals surface area (Å²) in [7, 11) is 0. The van der Waals surface area contributed by atoms with Gasteiger partial charge in [0.15, 0.2) is 18.7 Å². The molecule has 15 nitrogen and oxygen atoms in total. The lowest BCUT2D eigenvalue weighted by atomic mass is 9.98. The van der Waals surface area contributed by atoms with Gasteiger partial charge in [0.1, 0.15) is 55.4 Å². The molecule has 2 heterocycles. The number of carbonyl (C=O) groups excluding carboxylic acids is 2. The van der Waals surface area contributed by atoms with E-state index in [0.717, 1.165) is 38.5 Å². The summed E-state index contributed by atoms with van der Waals surface area (Å²) in [5, 5.41) is 72.3. The fourth-order valence-electron chi connectivity index (χ4n) is 9.99. The number of unbranched alkanes of at least 4 members (excludes halogenated alkanes) is 34. The van der Waals surface area contributed by atoms with E-state index in [1.54, 1.807) is 0 Å². The van der Waals surface area contributed by atoms with Gasteiger partial charge in [-0.1, -0.05) is 231 Å². The van der Waals surface area contributed by atoms with Crippen LogP contribution in [0.25, 0.3) is 0 Å². The third kappa shape index (κ3) is 34.1. The Bertz CT molecular complexity index is 1350. The first kappa shape index (κ1) is 69.3. The van der Waals surface area contributed by atoms with Crippen molar-refractivity contribution < 1.29 is 73.8 Å². The molecule has 7 N–H and O–H groups in total.